The maximum atomic E-state index is 11.7. The van der Waals surface area contributed by atoms with Crippen molar-refractivity contribution in [3.8, 4) is 0 Å². The van der Waals surface area contributed by atoms with Crippen LogP contribution in [0.15, 0.2) is 0 Å². The second-order valence-corrected chi connectivity index (χ2v) is 4.11. The topological polar surface area (TPSA) is 46.3 Å². The Morgan fingerprint density at radius 3 is 2.08 bits per heavy atom. The van der Waals surface area contributed by atoms with Crippen LogP contribution in [0.3, 0.4) is 0 Å². The van der Waals surface area contributed by atoms with Crippen LogP contribution in [0.5, 0.6) is 0 Å². The van der Waals surface area contributed by atoms with Gasteiger partial charge in [-0.05, 0) is 25.8 Å². The van der Waals surface area contributed by atoms with Crippen LogP contribution in [0.4, 0.5) is 0 Å². The van der Waals surface area contributed by atoms with Crippen LogP contribution in [0.25, 0.3) is 0 Å². The Balaban J connectivity index is 4.13. The highest BCUT2D eigenvalue weighted by molar-refractivity contribution is 5.76. The summed E-state index contributed by atoms with van der Waals surface area (Å²) in [5, 5.41) is 0. The normalized spacial score (nSPS) is 11.5. The number of carbonyl (C=O) groups is 1. The summed E-state index contributed by atoms with van der Waals surface area (Å²) in [5.41, 5.74) is 5.50. The van der Waals surface area contributed by atoms with Gasteiger partial charge in [0.25, 0.3) is 0 Å². The molecule has 0 aliphatic carbocycles. The summed E-state index contributed by atoms with van der Waals surface area (Å²) in [6.07, 6.45) is 0.547. The molecule has 0 aliphatic heterocycles. The summed E-state index contributed by atoms with van der Waals surface area (Å²) in [7, 11) is 0. The first-order valence-electron chi connectivity index (χ1n) is 4.94. The highest BCUT2D eigenvalue weighted by atomic mass is 16.2. The van der Waals surface area contributed by atoms with E-state index in [1.54, 1.807) is 0 Å². The van der Waals surface area contributed by atoms with Crippen LogP contribution >= 0.6 is 0 Å². The summed E-state index contributed by atoms with van der Waals surface area (Å²) < 4.78 is 0. The standard InChI is InChI=1S/C10H22N2O/c1-5-12(6-2)9(13)7-10(3,4)8-11/h5-8,11H2,1-4H3. The van der Waals surface area contributed by atoms with Gasteiger partial charge in [-0.2, -0.15) is 0 Å². The molecule has 2 N–H and O–H groups in total. The molecule has 1 amide bonds. The van der Waals surface area contributed by atoms with E-state index in [1.165, 1.54) is 0 Å². The molecule has 0 radical (unpaired) electrons. The zero-order valence-corrected chi connectivity index (χ0v) is 9.26. The molecule has 0 aromatic rings. The van der Waals surface area contributed by atoms with Crippen LogP contribution in [-0.4, -0.2) is 30.4 Å². The minimum absolute atomic E-state index is 0.0698. The average molecular weight is 186 g/mol. The first kappa shape index (κ1) is 12.4. The summed E-state index contributed by atoms with van der Waals surface area (Å²) in [4.78, 5) is 13.5. The molecule has 78 valence electrons. The second kappa shape index (κ2) is 5.22. The maximum absolute atomic E-state index is 11.7. The van der Waals surface area contributed by atoms with Crippen LogP contribution in [0, 0.1) is 5.41 Å². The molecule has 0 bridgehead atoms. The molecule has 0 aromatic heterocycles. The van der Waals surface area contributed by atoms with Crippen molar-refractivity contribution in [2.24, 2.45) is 11.1 Å². The van der Waals surface area contributed by atoms with Gasteiger partial charge in [0, 0.05) is 19.5 Å². The Bertz CT molecular complexity index is 162. The highest BCUT2D eigenvalue weighted by Gasteiger charge is 2.22. The minimum atomic E-state index is -0.0698. The van der Waals surface area contributed by atoms with Crippen molar-refractivity contribution in [2.75, 3.05) is 19.6 Å². The molecule has 0 fully saturated rings. The van der Waals surface area contributed by atoms with Gasteiger partial charge < -0.3 is 10.6 Å². The van der Waals surface area contributed by atoms with E-state index in [1.807, 2.05) is 32.6 Å². The fraction of sp³-hybridized carbons (Fsp3) is 0.900. The Morgan fingerprint density at radius 2 is 1.77 bits per heavy atom. The van der Waals surface area contributed by atoms with E-state index in [4.69, 9.17) is 5.73 Å². The summed E-state index contributed by atoms with van der Waals surface area (Å²) >= 11 is 0. The molecule has 0 rings (SSSR count). The van der Waals surface area contributed by atoms with Crippen molar-refractivity contribution < 1.29 is 4.79 Å². The lowest BCUT2D eigenvalue weighted by molar-refractivity contribution is -0.132. The van der Waals surface area contributed by atoms with E-state index in [2.05, 4.69) is 0 Å². The smallest absolute Gasteiger partial charge is 0.223 e. The van der Waals surface area contributed by atoms with Crippen molar-refractivity contribution in [1.29, 1.82) is 0 Å². The minimum Gasteiger partial charge on any atom is -0.343 e. The largest absolute Gasteiger partial charge is 0.343 e. The van der Waals surface area contributed by atoms with Crippen LogP contribution in [-0.2, 0) is 4.79 Å². The Morgan fingerprint density at radius 1 is 1.31 bits per heavy atom. The van der Waals surface area contributed by atoms with Gasteiger partial charge in [0.15, 0.2) is 0 Å². The quantitative estimate of drug-likeness (QED) is 0.702. The van der Waals surface area contributed by atoms with Crippen LogP contribution < -0.4 is 5.73 Å². The van der Waals surface area contributed by atoms with Gasteiger partial charge >= 0.3 is 0 Å². The molecule has 0 spiro atoms. The van der Waals surface area contributed by atoms with E-state index in [0.717, 1.165) is 13.1 Å². The molecule has 3 nitrogen and oxygen atoms in total. The molecule has 0 heterocycles. The molecular formula is C10H22N2O. The molecule has 0 atom stereocenters. The fourth-order valence-corrected chi connectivity index (χ4v) is 1.17. The van der Waals surface area contributed by atoms with Crippen LogP contribution in [0.2, 0.25) is 0 Å². The number of rotatable bonds is 5. The van der Waals surface area contributed by atoms with Gasteiger partial charge in [-0.1, -0.05) is 13.8 Å². The molecule has 0 unspecified atom stereocenters. The summed E-state index contributed by atoms with van der Waals surface area (Å²) in [6.45, 7) is 10.2. The highest BCUT2D eigenvalue weighted by Crippen LogP contribution is 2.19. The Labute approximate surface area is 81.3 Å². The van der Waals surface area contributed by atoms with Gasteiger partial charge in [0.2, 0.25) is 5.91 Å². The number of nitrogens with two attached hydrogens (primary N) is 1. The van der Waals surface area contributed by atoms with E-state index in [0.29, 0.717) is 13.0 Å². The van der Waals surface area contributed by atoms with Crippen molar-refractivity contribution >= 4 is 5.91 Å². The zero-order chi connectivity index (χ0) is 10.5. The van der Waals surface area contributed by atoms with Crippen LogP contribution in [0.1, 0.15) is 34.1 Å². The molecular weight excluding hydrogens is 164 g/mol. The molecule has 0 saturated carbocycles. The van der Waals surface area contributed by atoms with Gasteiger partial charge in [-0.3, -0.25) is 4.79 Å². The van der Waals surface area contributed by atoms with E-state index < -0.39 is 0 Å². The summed E-state index contributed by atoms with van der Waals surface area (Å²) in [5.74, 6) is 0.209. The summed E-state index contributed by atoms with van der Waals surface area (Å²) in [6, 6.07) is 0. The molecule has 13 heavy (non-hydrogen) atoms. The molecule has 0 aromatic carbocycles. The van der Waals surface area contributed by atoms with E-state index in [-0.39, 0.29) is 11.3 Å². The monoisotopic (exact) mass is 186 g/mol. The number of amides is 1. The zero-order valence-electron chi connectivity index (χ0n) is 9.26. The fourth-order valence-electron chi connectivity index (χ4n) is 1.17. The second-order valence-electron chi connectivity index (χ2n) is 4.11. The third-order valence-corrected chi connectivity index (χ3v) is 2.30. The van der Waals surface area contributed by atoms with Crippen molar-refractivity contribution in [3.05, 3.63) is 0 Å². The van der Waals surface area contributed by atoms with Crippen molar-refractivity contribution in [2.45, 2.75) is 34.1 Å². The number of hydrogen-bond acceptors (Lipinski definition) is 2. The average Bonchev–Trinajstić information content (AvgIpc) is 2.06. The predicted molar refractivity (Wildman–Crippen MR) is 55.4 cm³/mol. The third kappa shape index (κ3) is 4.27. The lowest BCUT2D eigenvalue weighted by Gasteiger charge is -2.26. The number of nitrogens with zero attached hydrogens (tertiary/aromatic N) is 1. The number of carbonyl (C=O) groups excluding carboxylic acids is 1. The van der Waals surface area contributed by atoms with Crippen molar-refractivity contribution in [3.63, 3.8) is 0 Å². The van der Waals surface area contributed by atoms with Gasteiger partial charge in [0.1, 0.15) is 0 Å². The van der Waals surface area contributed by atoms with E-state index in [9.17, 15) is 4.79 Å². The Kier molecular flexibility index (Phi) is 4.99. The van der Waals surface area contributed by atoms with Gasteiger partial charge in [-0.25, -0.2) is 0 Å². The van der Waals surface area contributed by atoms with Gasteiger partial charge in [0.05, 0.1) is 0 Å². The Hall–Kier alpha value is -0.570. The molecule has 0 aliphatic rings. The van der Waals surface area contributed by atoms with Crippen molar-refractivity contribution in [1.82, 2.24) is 4.90 Å². The molecule has 0 saturated heterocycles. The lowest BCUT2D eigenvalue weighted by Crippen LogP contribution is -2.36. The predicted octanol–water partition coefficient (Wildman–Crippen LogP) is 1.23. The van der Waals surface area contributed by atoms with E-state index >= 15 is 0 Å². The van der Waals surface area contributed by atoms with Gasteiger partial charge in [-0.15, -0.1) is 0 Å². The first-order valence-corrected chi connectivity index (χ1v) is 4.94. The lowest BCUT2D eigenvalue weighted by atomic mass is 9.89. The third-order valence-electron chi connectivity index (χ3n) is 2.30. The molecule has 3 heteroatoms. The SMILES string of the molecule is CCN(CC)C(=O)CC(C)(C)CN. The maximum Gasteiger partial charge on any atom is 0.223 e. The number of hydrogen-bond donors (Lipinski definition) is 1. The first-order chi connectivity index (χ1) is 5.96.